The summed E-state index contributed by atoms with van der Waals surface area (Å²) in [6.07, 6.45) is -4.45. The van der Waals surface area contributed by atoms with Gasteiger partial charge in [0.25, 0.3) is 5.56 Å². The Kier molecular flexibility index (Phi) is 7.32. The van der Waals surface area contributed by atoms with Crippen LogP contribution < -0.4 is 16.2 Å². The van der Waals surface area contributed by atoms with Crippen LogP contribution in [-0.2, 0) is 22.8 Å². The van der Waals surface area contributed by atoms with Crippen molar-refractivity contribution in [1.82, 2.24) is 9.36 Å². The average molecular weight is 478 g/mol. The van der Waals surface area contributed by atoms with Crippen molar-refractivity contribution in [3.8, 4) is 5.69 Å². The van der Waals surface area contributed by atoms with E-state index in [1.807, 2.05) is 6.07 Å². The molecule has 1 heterocycles. The van der Waals surface area contributed by atoms with E-state index in [2.05, 4.69) is 10.6 Å². The molecular formula is C22H21F3N4O3S. The minimum Gasteiger partial charge on any atom is -0.325 e. The second kappa shape index (κ2) is 9.99. The summed E-state index contributed by atoms with van der Waals surface area (Å²) in [5, 5.41) is 5.08. The average Bonchev–Trinajstić information content (AvgIpc) is 2.97. The highest BCUT2D eigenvalue weighted by Gasteiger charge is 2.30. The van der Waals surface area contributed by atoms with Gasteiger partial charge >= 0.3 is 6.18 Å². The summed E-state index contributed by atoms with van der Waals surface area (Å²) in [4.78, 5) is 37.1. The van der Waals surface area contributed by atoms with Crippen LogP contribution in [0.5, 0.6) is 0 Å². The zero-order valence-corrected chi connectivity index (χ0v) is 18.6. The van der Waals surface area contributed by atoms with E-state index in [1.165, 1.54) is 4.68 Å². The highest BCUT2D eigenvalue weighted by atomic mass is 32.2. The Morgan fingerprint density at radius 3 is 2.09 bits per heavy atom. The van der Waals surface area contributed by atoms with E-state index in [0.29, 0.717) is 11.4 Å². The lowest BCUT2D eigenvalue weighted by Crippen LogP contribution is -2.24. The third-order valence-electron chi connectivity index (χ3n) is 4.78. The van der Waals surface area contributed by atoms with Gasteiger partial charge in [0.05, 0.1) is 28.5 Å². The fraction of sp³-hybridized carbons (Fsp3) is 0.227. The predicted octanol–water partition coefficient (Wildman–Crippen LogP) is 3.81. The molecule has 11 heteroatoms. The maximum Gasteiger partial charge on any atom is 0.416 e. The molecule has 2 amide bonds. The number of nitrogens with one attached hydrogen (secondary N) is 2. The Hall–Kier alpha value is -3.47. The van der Waals surface area contributed by atoms with E-state index < -0.39 is 23.6 Å². The topological polar surface area (TPSA) is 85.1 Å². The summed E-state index contributed by atoms with van der Waals surface area (Å²) in [6.45, 7) is 1.71. The molecule has 7 nitrogen and oxygen atoms in total. The normalized spacial score (nSPS) is 11.3. The van der Waals surface area contributed by atoms with Crippen molar-refractivity contribution in [2.75, 3.05) is 22.1 Å². The van der Waals surface area contributed by atoms with Crippen LogP contribution in [0.3, 0.4) is 0 Å². The Labute approximate surface area is 191 Å². The molecule has 0 saturated heterocycles. The quantitative estimate of drug-likeness (QED) is 0.541. The molecule has 0 saturated carbocycles. The number of carbonyl (C=O) groups is 2. The largest absolute Gasteiger partial charge is 0.416 e. The summed E-state index contributed by atoms with van der Waals surface area (Å²) in [5.41, 5.74) is 0.416. The molecule has 174 valence electrons. The zero-order valence-electron chi connectivity index (χ0n) is 17.8. The van der Waals surface area contributed by atoms with E-state index in [1.54, 1.807) is 42.9 Å². The van der Waals surface area contributed by atoms with Gasteiger partial charge in [0, 0.05) is 12.7 Å². The lowest BCUT2D eigenvalue weighted by atomic mass is 10.2. The van der Waals surface area contributed by atoms with E-state index in [-0.39, 0.29) is 28.4 Å². The molecule has 0 unspecified atom stereocenters. The summed E-state index contributed by atoms with van der Waals surface area (Å²) >= 11 is 1.01. The van der Waals surface area contributed by atoms with Gasteiger partial charge in [-0.05, 0) is 43.3 Å². The molecule has 0 spiro atoms. The molecule has 0 aliphatic rings. The molecule has 33 heavy (non-hydrogen) atoms. The van der Waals surface area contributed by atoms with Crippen molar-refractivity contribution in [3.63, 3.8) is 0 Å². The number of hydrogen-bond acceptors (Lipinski definition) is 4. The molecule has 0 atom stereocenters. The van der Waals surface area contributed by atoms with Crippen LogP contribution in [0.1, 0.15) is 11.3 Å². The SMILES string of the molecule is Cc1c(NC(=O)CSCC(=O)Nc2ccc(C(F)(F)F)cc2)c(=O)n(-c2ccccc2)n1C. The van der Waals surface area contributed by atoms with Crippen LogP contribution in [-0.4, -0.2) is 32.7 Å². The highest BCUT2D eigenvalue weighted by molar-refractivity contribution is 8.00. The maximum atomic E-state index is 12.8. The lowest BCUT2D eigenvalue weighted by Gasteiger charge is -2.09. The zero-order chi connectivity index (χ0) is 24.2. The second-order valence-corrected chi connectivity index (χ2v) is 8.09. The van der Waals surface area contributed by atoms with Gasteiger partial charge in [0.15, 0.2) is 0 Å². The lowest BCUT2D eigenvalue weighted by molar-refractivity contribution is -0.137. The Morgan fingerprint density at radius 1 is 0.939 bits per heavy atom. The number of benzene rings is 2. The Balaban J connectivity index is 1.54. The van der Waals surface area contributed by atoms with E-state index >= 15 is 0 Å². The van der Waals surface area contributed by atoms with Gasteiger partial charge in [-0.1, -0.05) is 18.2 Å². The van der Waals surface area contributed by atoms with E-state index in [4.69, 9.17) is 0 Å². The van der Waals surface area contributed by atoms with Crippen LogP contribution in [0, 0.1) is 6.92 Å². The third kappa shape index (κ3) is 5.86. The first kappa shape index (κ1) is 24.2. The molecular weight excluding hydrogens is 457 g/mol. The van der Waals surface area contributed by atoms with Crippen molar-refractivity contribution in [2.45, 2.75) is 13.1 Å². The highest BCUT2D eigenvalue weighted by Crippen LogP contribution is 2.29. The number of carbonyl (C=O) groups excluding carboxylic acids is 2. The number of para-hydroxylation sites is 1. The van der Waals surface area contributed by atoms with E-state index in [0.717, 1.165) is 36.0 Å². The Bertz CT molecular complexity index is 1200. The molecule has 2 N–H and O–H groups in total. The molecule has 0 radical (unpaired) electrons. The molecule has 0 aliphatic heterocycles. The number of aromatic nitrogens is 2. The van der Waals surface area contributed by atoms with Crippen LogP contribution in [0.2, 0.25) is 0 Å². The van der Waals surface area contributed by atoms with Gasteiger partial charge in [-0.15, -0.1) is 11.8 Å². The molecule has 0 aliphatic carbocycles. The molecule has 0 bridgehead atoms. The van der Waals surface area contributed by atoms with Gasteiger partial charge < -0.3 is 10.6 Å². The summed E-state index contributed by atoms with van der Waals surface area (Å²) in [5.74, 6) is -1.08. The maximum absolute atomic E-state index is 12.8. The van der Waals surface area contributed by atoms with Crippen LogP contribution in [0.15, 0.2) is 59.4 Å². The van der Waals surface area contributed by atoms with Crippen LogP contribution in [0.25, 0.3) is 5.69 Å². The third-order valence-corrected chi connectivity index (χ3v) is 5.71. The number of thioether (sulfide) groups is 1. The van der Waals surface area contributed by atoms with Gasteiger partial charge in [-0.2, -0.15) is 13.2 Å². The number of halogens is 3. The predicted molar refractivity (Wildman–Crippen MR) is 122 cm³/mol. The number of hydrogen-bond donors (Lipinski definition) is 2. The van der Waals surface area contributed by atoms with Crippen molar-refractivity contribution >= 4 is 35.0 Å². The van der Waals surface area contributed by atoms with Crippen LogP contribution >= 0.6 is 11.8 Å². The Morgan fingerprint density at radius 2 is 1.52 bits per heavy atom. The van der Waals surface area contributed by atoms with Gasteiger partial charge in [-0.25, -0.2) is 4.68 Å². The number of anilines is 2. The standard InChI is InChI=1S/C22H21F3N4O3S/c1-14-20(21(32)29(28(14)2)17-6-4-3-5-7-17)27-19(31)13-33-12-18(30)26-16-10-8-15(9-11-16)22(23,24)25/h3-11H,12-13H2,1-2H3,(H,26,30)(H,27,31). The minimum atomic E-state index is -4.45. The monoisotopic (exact) mass is 478 g/mol. The molecule has 3 aromatic rings. The fourth-order valence-electron chi connectivity index (χ4n) is 3.06. The fourth-order valence-corrected chi connectivity index (χ4v) is 3.68. The first-order chi connectivity index (χ1) is 15.6. The van der Waals surface area contributed by atoms with E-state index in [9.17, 15) is 27.6 Å². The van der Waals surface area contributed by atoms with Crippen LogP contribution in [0.4, 0.5) is 24.5 Å². The number of nitrogens with zero attached hydrogens (tertiary/aromatic N) is 2. The van der Waals surface area contributed by atoms with Gasteiger partial charge in [0.2, 0.25) is 11.8 Å². The molecule has 1 aromatic heterocycles. The molecule has 3 rings (SSSR count). The molecule has 2 aromatic carbocycles. The minimum absolute atomic E-state index is 0.0838. The first-order valence-electron chi connectivity index (χ1n) is 9.76. The van der Waals surface area contributed by atoms with Gasteiger partial charge in [0.1, 0.15) is 5.69 Å². The second-order valence-electron chi connectivity index (χ2n) is 7.10. The number of rotatable bonds is 7. The summed E-state index contributed by atoms with van der Waals surface area (Å²) in [6, 6.07) is 13.1. The summed E-state index contributed by atoms with van der Waals surface area (Å²) < 4.78 is 40.8. The van der Waals surface area contributed by atoms with Crippen molar-refractivity contribution < 1.29 is 22.8 Å². The number of amides is 2. The van der Waals surface area contributed by atoms with Crippen molar-refractivity contribution in [1.29, 1.82) is 0 Å². The first-order valence-corrected chi connectivity index (χ1v) is 10.9. The number of alkyl halides is 3. The van der Waals surface area contributed by atoms with Gasteiger partial charge in [-0.3, -0.25) is 19.1 Å². The van der Waals surface area contributed by atoms with Crippen molar-refractivity contribution in [3.05, 3.63) is 76.2 Å². The molecule has 0 fully saturated rings. The van der Waals surface area contributed by atoms with Crippen molar-refractivity contribution in [2.24, 2.45) is 7.05 Å². The smallest absolute Gasteiger partial charge is 0.325 e. The summed E-state index contributed by atoms with van der Waals surface area (Å²) in [7, 11) is 1.71.